The molecule has 1 aliphatic heterocycles. The first-order chi connectivity index (χ1) is 8.61. The maximum atomic E-state index is 11.0. The van der Waals surface area contributed by atoms with Crippen molar-refractivity contribution < 1.29 is 9.90 Å². The Hall–Kier alpha value is -0.580. The summed E-state index contributed by atoms with van der Waals surface area (Å²) in [5.41, 5.74) is 0.127. The van der Waals surface area contributed by atoms with Gasteiger partial charge in [-0.1, -0.05) is 11.6 Å². The van der Waals surface area contributed by atoms with Crippen LogP contribution in [0.5, 0.6) is 0 Å². The molecule has 0 bridgehead atoms. The molecule has 1 aliphatic carbocycles. The monoisotopic (exact) mass is 285 g/mol. The molecule has 1 saturated heterocycles. The molecule has 1 atom stereocenters. The fourth-order valence-corrected chi connectivity index (χ4v) is 4.18. The van der Waals surface area contributed by atoms with Crippen molar-refractivity contribution in [2.24, 2.45) is 11.3 Å². The van der Waals surface area contributed by atoms with Gasteiger partial charge in [0.05, 0.1) is 10.9 Å². The molecule has 2 fully saturated rings. The topological polar surface area (TPSA) is 40.5 Å². The number of nitrogens with zero attached hydrogens (tertiary/aromatic N) is 1. The summed E-state index contributed by atoms with van der Waals surface area (Å²) in [6.45, 7) is 2.90. The summed E-state index contributed by atoms with van der Waals surface area (Å²) in [6.07, 6.45) is 2.93. The Morgan fingerprint density at radius 1 is 1.56 bits per heavy atom. The first-order valence-electron chi connectivity index (χ1n) is 6.28. The number of likely N-dealkylation sites (tertiary alicyclic amines) is 1. The molecule has 1 spiro atoms. The molecule has 1 unspecified atom stereocenters. The fraction of sp³-hybridized carbons (Fsp3) is 0.615. The number of carboxylic acids is 1. The minimum absolute atomic E-state index is 0.0787. The van der Waals surface area contributed by atoms with E-state index < -0.39 is 5.97 Å². The van der Waals surface area contributed by atoms with Crippen molar-refractivity contribution in [3.63, 3.8) is 0 Å². The molecule has 0 amide bonds. The maximum absolute atomic E-state index is 11.0. The summed E-state index contributed by atoms with van der Waals surface area (Å²) in [5, 5.41) is 11.9. The molecule has 0 radical (unpaired) electrons. The Morgan fingerprint density at radius 2 is 2.28 bits per heavy atom. The van der Waals surface area contributed by atoms with Crippen LogP contribution >= 0.6 is 22.9 Å². The van der Waals surface area contributed by atoms with E-state index in [-0.39, 0.29) is 11.3 Å². The van der Waals surface area contributed by atoms with Gasteiger partial charge in [0.15, 0.2) is 0 Å². The lowest BCUT2D eigenvalue weighted by Gasteiger charge is -2.32. The lowest BCUT2D eigenvalue weighted by atomic mass is 9.91. The molecule has 5 heteroatoms. The van der Waals surface area contributed by atoms with Gasteiger partial charge in [0.25, 0.3) is 0 Å². The summed E-state index contributed by atoms with van der Waals surface area (Å²) in [4.78, 5) is 14.6. The number of thiophene rings is 1. The van der Waals surface area contributed by atoms with E-state index in [1.54, 1.807) is 11.3 Å². The fourth-order valence-electron chi connectivity index (χ4n) is 3.05. The van der Waals surface area contributed by atoms with Crippen molar-refractivity contribution in [2.75, 3.05) is 13.1 Å². The zero-order valence-corrected chi connectivity index (χ0v) is 11.6. The van der Waals surface area contributed by atoms with Gasteiger partial charge in [-0.25, -0.2) is 0 Å². The third-order valence-corrected chi connectivity index (χ3v) is 5.77. The zero-order chi connectivity index (χ0) is 12.8. The lowest BCUT2D eigenvalue weighted by Crippen LogP contribution is -2.35. The molecule has 1 saturated carbocycles. The predicted octanol–water partition coefficient (Wildman–Crippen LogP) is 3.09. The third kappa shape index (κ3) is 2.17. The molecular weight excluding hydrogens is 270 g/mol. The first-order valence-corrected chi connectivity index (χ1v) is 7.53. The van der Waals surface area contributed by atoms with E-state index in [4.69, 9.17) is 16.7 Å². The minimum Gasteiger partial charge on any atom is -0.481 e. The number of aliphatic carboxylic acids is 1. The molecule has 1 N–H and O–H groups in total. The standard InChI is InChI=1S/C13H16ClNO2S/c14-10-1-6-18-11(10)8-15-4-2-13(3-5-15)7-9(13)12(16)17/h1,6,9H,2-5,7-8H2,(H,16,17). The van der Waals surface area contributed by atoms with E-state index in [9.17, 15) is 4.79 Å². The van der Waals surface area contributed by atoms with Gasteiger partial charge in [-0.2, -0.15) is 0 Å². The highest BCUT2D eigenvalue weighted by molar-refractivity contribution is 7.10. The quantitative estimate of drug-likeness (QED) is 0.928. The largest absolute Gasteiger partial charge is 0.481 e. The van der Waals surface area contributed by atoms with Gasteiger partial charge in [0, 0.05) is 11.4 Å². The van der Waals surface area contributed by atoms with Gasteiger partial charge in [-0.3, -0.25) is 9.69 Å². The van der Waals surface area contributed by atoms with Gasteiger partial charge in [-0.05, 0) is 49.2 Å². The third-order valence-electron chi connectivity index (χ3n) is 4.40. The van der Waals surface area contributed by atoms with Crippen molar-refractivity contribution in [3.8, 4) is 0 Å². The average molecular weight is 286 g/mol. The highest BCUT2D eigenvalue weighted by Crippen LogP contribution is 2.59. The van der Waals surface area contributed by atoms with Crippen molar-refractivity contribution in [1.82, 2.24) is 4.90 Å². The van der Waals surface area contributed by atoms with Gasteiger partial charge in [-0.15, -0.1) is 11.3 Å². The molecule has 0 aromatic carbocycles. The Kier molecular flexibility index (Phi) is 3.12. The van der Waals surface area contributed by atoms with Crippen LogP contribution in [0.15, 0.2) is 11.4 Å². The summed E-state index contributed by atoms with van der Waals surface area (Å²) in [6, 6.07) is 1.94. The van der Waals surface area contributed by atoms with E-state index in [0.717, 1.165) is 43.9 Å². The van der Waals surface area contributed by atoms with Gasteiger partial charge in [0.2, 0.25) is 0 Å². The molecule has 3 nitrogen and oxygen atoms in total. The van der Waals surface area contributed by atoms with E-state index >= 15 is 0 Å². The predicted molar refractivity (Wildman–Crippen MR) is 72.0 cm³/mol. The summed E-state index contributed by atoms with van der Waals surface area (Å²) in [7, 11) is 0. The Balaban J connectivity index is 1.55. The van der Waals surface area contributed by atoms with Crippen LogP contribution in [-0.2, 0) is 11.3 Å². The molecule has 18 heavy (non-hydrogen) atoms. The van der Waals surface area contributed by atoms with Crippen LogP contribution in [0.25, 0.3) is 0 Å². The highest BCUT2D eigenvalue weighted by atomic mass is 35.5. The van der Waals surface area contributed by atoms with Gasteiger partial charge < -0.3 is 5.11 Å². The molecule has 2 aliphatic rings. The Bertz CT molecular complexity index is 465. The van der Waals surface area contributed by atoms with Crippen molar-refractivity contribution in [2.45, 2.75) is 25.8 Å². The zero-order valence-electron chi connectivity index (χ0n) is 10.1. The number of piperidine rings is 1. The molecule has 98 valence electrons. The van der Waals surface area contributed by atoms with Crippen LogP contribution < -0.4 is 0 Å². The summed E-state index contributed by atoms with van der Waals surface area (Å²) < 4.78 is 0. The number of hydrogen-bond donors (Lipinski definition) is 1. The van der Waals surface area contributed by atoms with Crippen molar-refractivity contribution in [3.05, 3.63) is 21.3 Å². The maximum Gasteiger partial charge on any atom is 0.307 e. The van der Waals surface area contributed by atoms with Crippen LogP contribution in [0.4, 0.5) is 0 Å². The van der Waals surface area contributed by atoms with Crippen LogP contribution in [-0.4, -0.2) is 29.1 Å². The van der Waals surface area contributed by atoms with Crippen molar-refractivity contribution >= 4 is 28.9 Å². The molecule has 3 rings (SSSR count). The number of carbonyl (C=O) groups is 1. The van der Waals surface area contributed by atoms with E-state index in [1.807, 2.05) is 11.4 Å². The van der Waals surface area contributed by atoms with Crippen LogP contribution in [0, 0.1) is 11.3 Å². The van der Waals surface area contributed by atoms with Gasteiger partial charge >= 0.3 is 5.97 Å². The number of halogens is 1. The minimum atomic E-state index is -0.607. The normalized spacial score (nSPS) is 26.4. The Morgan fingerprint density at radius 3 is 2.78 bits per heavy atom. The van der Waals surface area contributed by atoms with Crippen LogP contribution in [0.3, 0.4) is 0 Å². The second kappa shape index (κ2) is 4.51. The Labute approximate surface area is 115 Å². The SMILES string of the molecule is O=C(O)C1CC12CCN(Cc1sccc1Cl)CC2. The van der Waals surface area contributed by atoms with E-state index in [1.165, 1.54) is 4.88 Å². The smallest absolute Gasteiger partial charge is 0.307 e. The van der Waals surface area contributed by atoms with Crippen molar-refractivity contribution in [1.29, 1.82) is 0 Å². The molecular formula is C13H16ClNO2S. The first kappa shape index (κ1) is 12.5. The van der Waals surface area contributed by atoms with Crippen LogP contribution in [0.1, 0.15) is 24.1 Å². The number of rotatable bonds is 3. The van der Waals surface area contributed by atoms with Crippen LogP contribution in [0.2, 0.25) is 5.02 Å². The lowest BCUT2D eigenvalue weighted by molar-refractivity contribution is -0.139. The second-order valence-corrected chi connectivity index (χ2v) is 6.83. The highest BCUT2D eigenvalue weighted by Gasteiger charge is 2.58. The summed E-state index contributed by atoms with van der Waals surface area (Å²) >= 11 is 7.79. The molecule has 1 aromatic rings. The molecule has 2 heterocycles. The average Bonchev–Trinajstić information content (AvgIpc) is 2.91. The molecule has 1 aromatic heterocycles. The van der Waals surface area contributed by atoms with Gasteiger partial charge in [0.1, 0.15) is 0 Å². The second-order valence-electron chi connectivity index (χ2n) is 5.43. The summed E-state index contributed by atoms with van der Waals surface area (Å²) in [5.74, 6) is -0.685. The van der Waals surface area contributed by atoms with E-state index in [2.05, 4.69) is 4.90 Å². The number of hydrogen-bond acceptors (Lipinski definition) is 3. The van der Waals surface area contributed by atoms with E-state index in [0.29, 0.717) is 0 Å². The number of carboxylic acid groups (broad SMARTS) is 1.